The Morgan fingerprint density at radius 3 is 1.76 bits per heavy atom. The molecular weight excluding hydrogens is 723 g/mol. The predicted octanol–water partition coefficient (Wildman–Crippen LogP) is 5.79. The van der Waals surface area contributed by atoms with Gasteiger partial charge in [0.25, 0.3) is 11.8 Å². The van der Waals surface area contributed by atoms with Gasteiger partial charge in [0.2, 0.25) is 0 Å². The number of ketones is 1. The largest absolute Gasteiger partial charge is 0.370 e. The van der Waals surface area contributed by atoms with Crippen molar-refractivity contribution in [1.82, 2.24) is 18.7 Å². The van der Waals surface area contributed by atoms with E-state index >= 15 is 0 Å². The zero-order valence-corrected chi connectivity index (χ0v) is 32.0. The number of piperidine rings is 2. The number of rotatable bonds is 11. The van der Waals surface area contributed by atoms with E-state index in [0.29, 0.717) is 17.8 Å². The Balaban J connectivity index is 0.000000193. The lowest BCUT2D eigenvalue weighted by Crippen LogP contribution is -2.42. The van der Waals surface area contributed by atoms with Crippen LogP contribution in [0.3, 0.4) is 0 Å². The third kappa shape index (κ3) is 9.94. The van der Waals surface area contributed by atoms with Gasteiger partial charge in [-0.2, -0.15) is 8.75 Å². The highest BCUT2D eigenvalue weighted by molar-refractivity contribution is 7.10. The van der Waals surface area contributed by atoms with E-state index in [4.69, 9.17) is 17.2 Å². The Morgan fingerprint density at radius 2 is 1.28 bits per heavy atom. The third-order valence-corrected chi connectivity index (χ3v) is 10.9. The van der Waals surface area contributed by atoms with Gasteiger partial charge in [0.05, 0.1) is 46.5 Å². The number of pyridine rings is 2. The molecule has 54 heavy (non-hydrogen) atoms. The van der Waals surface area contributed by atoms with Crippen molar-refractivity contribution in [2.24, 2.45) is 23.1 Å². The minimum Gasteiger partial charge on any atom is -0.370 e. The molecule has 2 saturated heterocycles. The summed E-state index contributed by atoms with van der Waals surface area (Å²) in [7, 11) is 0. The van der Waals surface area contributed by atoms with Crippen LogP contribution in [0.1, 0.15) is 74.8 Å². The minimum atomic E-state index is -0.583. The molecule has 1 aromatic carbocycles. The maximum absolute atomic E-state index is 12.6. The van der Waals surface area contributed by atoms with Crippen molar-refractivity contribution in [2.75, 3.05) is 46.6 Å². The summed E-state index contributed by atoms with van der Waals surface area (Å²) in [5.41, 5.74) is 23.0. The quantitative estimate of drug-likeness (QED) is 0.101. The first kappa shape index (κ1) is 38.3. The Kier molecular flexibility index (Phi) is 12.5. The normalized spacial score (nSPS) is 16.9. The average molecular weight is 768 g/mol. The number of anilines is 6. The maximum atomic E-state index is 12.6. The van der Waals surface area contributed by atoms with Gasteiger partial charge in [-0.05, 0) is 92.8 Å². The molecule has 0 aliphatic carbocycles. The summed E-state index contributed by atoms with van der Waals surface area (Å²) in [6, 6.07) is 17.2. The molecular formula is C38H45N11O3S2. The lowest BCUT2D eigenvalue weighted by Gasteiger charge is -2.34. The smallest absolute Gasteiger partial charge is 0.269 e. The number of hydrogen-bond donors (Lipinski definition) is 5. The van der Waals surface area contributed by atoms with E-state index in [1.54, 1.807) is 12.4 Å². The molecule has 14 nitrogen and oxygen atoms in total. The number of aromatic nitrogens is 4. The van der Waals surface area contributed by atoms with E-state index in [1.807, 2.05) is 68.4 Å². The number of Topliss-reactive ketones (excluding diaryl/α,β-unsaturated/α-hetero) is 1. The third-order valence-electron chi connectivity index (χ3n) is 9.26. The molecule has 7 rings (SSSR count). The molecule has 2 aliphatic rings. The lowest BCUT2D eigenvalue weighted by atomic mass is 9.90. The molecule has 0 unspecified atom stereocenters. The van der Waals surface area contributed by atoms with E-state index in [0.717, 1.165) is 90.2 Å². The van der Waals surface area contributed by atoms with Crippen LogP contribution in [0, 0.1) is 19.8 Å². The molecule has 2 fully saturated rings. The van der Waals surface area contributed by atoms with E-state index in [2.05, 4.69) is 39.1 Å². The first-order chi connectivity index (χ1) is 26.0. The van der Waals surface area contributed by atoms with Gasteiger partial charge in [-0.1, -0.05) is 30.3 Å². The first-order valence-electron chi connectivity index (χ1n) is 17.9. The van der Waals surface area contributed by atoms with Crippen LogP contribution in [0.25, 0.3) is 0 Å². The van der Waals surface area contributed by atoms with Gasteiger partial charge in [-0.3, -0.25) is 14.4 Å². The lowest BCUT2D eigenvalue weighted by molar-refractivity contribution is 0.0954. The minimum absolute atomic E-state index is 0.167. The zero-order valence-electron chi connectivity index (χ0n) is 30.3. The van der Waals surface area contributed by atoms with Crippen LogP contribution >= 0.6 is 23.1 Å². The van der Waals surface area contributed by atoms with Crippen LogP contribution in [-0.4, -0.2) is 68.5 Å². The van der Waals surface area contributed by atoms with Crippen LogP contribution in [0.5, 0.6) is 0 Å². The van der Waals surface area contributed by atoms with E-state index in [9.17, 15) is 14.4 Å². The summed E-state index contributed by atoms with van der Waals surface area (Å²) >= 11 is 2.65. The summed E-state index contributed by atoms with van der Waals surface area (Å²) in [4.78, 5) is 49.1. The predicted molar refractivity (Wildman–Crippen MR) is 216 cm³/mol. The summed E-state index contributed by atoms with van der Waals surface area (Å²) in [5.74, 6) is -0.689. The number of amides is 2. The number of nitrogens with two attached hydrogens (primary N) is 3. The number of carbonyl (C=O) groups excluding carboxylic acids is 3. The van der Waals surface area contributed by atoms with Crippen molar-refractivity contribution < 1.29 is 14.4 Å². The number of nitrogens with zero attached hydrogens (tertiary/aromatic N) is 6. The molecule has 0 radical (unpaired) electrons. The number of aryl methyl sites for hydroxylation is 2. The summed E-state index contributed by atoms with van der Waals surface area (Å²) in [6.45, 7) is 7.21. The van der Waals surface area contributed by atoms with Crippen LogP contribution in [0.2, 0.25) is 0 Å². The Bertz CT molecular complexity index is 2090. The van der Waals surface area contributed by atoms with Crippen molar-refractivity contribution in [3.05, 3.63) is 95.3 Å². The van der Waals surface area contributed by atoms with Gasteiger partial charge in [-0.25, -0.2) is 9.97 Å². The molecule has 16 heteroatoms. The van der Waals surface area contributed by atoms with Crippen LogP contribution in [-0.2, 0) is 0 Å². The van der Waals surface area contributed by atoms with Crippen molar-refractivity contribution in [3.63, 3.8) is 0 Å². The maximum Gasteiger partial charge on any atom is 0.269 e. The standard InChI is InChI=1S/C23H25N5O2S.C15H20N6OS/c1-15-10-21(31-27-15)26-19-12-18(13-25-22(19)23(24)30)28-9-5-6-16(14-28)11-20(29)17-7-3-2-4-8-17;1-9-5-13(23-20-9)19-12-6-11(7-18-14(12)15(17)22)21-4-2-3-10(16)8-21/h2-4,7-8,10,12-13,16,26H,5-6,9,11,14H2,1H3,(H2,24,30);5-7,10,19H,2-4,8,16H2,1H3,(H2,17,22)/t16-;10-/m01/s1. The van der Waals surface area contributed by atoms with Crippen molar-refractivity contribution in [2.45, 2.75) is 52.0 Å². The molecule has 5 aromatic rings. The van der Waals surface area contributed by atoms with Gasteiger partial charge in [-0.15, -0.1) is 0 Å². The molecule has 6 heterocycles. The molecule has 2 atom stereocenters. The molecule has 0 saturated carbocycles. The SMILES string of the molecule is Cc1cc(Nc2cc(N3CCC[C@@H](CC(=O)c4ccccc4)C3)cnc2C(N)=O)sn1.Cc1cc(Nc2cc(N3CCC[C@@H](N)C3)cnc2C(N)=O)sn1. The van der Waals surface area contributed by atoms with Crippen LogP contribution in [0.15, 0.2) is 67.0 Å². The number of hydrogen-bond acceptors (Lipinski definition) is 14. The highest BCUT2D eigenvalue weighted by Gasteiger charge is 2.25. The van der Waals surface area contributed by atoms with Gasteiger partial charge < -0.3 is 37.6 Å². The molecule has 2 aliphatic heterocycles. The van der Waals surface area contributed by atoms with Gasteiger partial charge in [0, 0.05) is 44.2 Å². The van der Waals surface area contributed by atoms with Crippen molar-refractivity contribution in [3.8, 4) is 0 Å². The summed E-state index contributed by atoms with van der Waals surface area (Å²) < 4.78 is 8.49. The first-order valence-corrected chi connectivity index (χ1v) is 19.4. The molecule has 282 valence electrons. The molecule has 8 N–H and O–H groups in total. The fraction of sp³-hybridized carbons (Fsp3) is 0.342. The monoisotopic (exact) mass is 767 g/mol. The average Bonchev–Trinajstić information content (AvgIpc) is 3.78. The topological polar surface area (TPSA) is 211 Å². The molecule has 0 bridgehead atoms. The zero-order chi connectivity index (χ0) is 38.2. The summed E-state index contributed by atoms with van der Waals surface area (Å²) in [6.07, 6.45) is 8.00. The number of nitrogens with one attached hydrogen (secondary N) is 2. The van der Waals surface area contributed by atoms with Gasteiger partial charge in [0.1, 0.15) is 10.0 Å². The molecule has 4 aromatic heterocycles. The van der Waals surface area contributed by atoms with Gasteiger partial charge >= 0.3 is 0 Å². The Hall–Kier alpha value is -5.45. The fourth-order valence-electron chi connectivity index (χ4n) is 6.66. The highest BCUT2D eigenvalue weighted by atomic mass is 32.1. The summed E-state index contributed by atoms with van der Waals surface area (Å²) in [5, 5.41) is 8.10. The Labute approximate surface area is 322 Å². The second-order valence-corrected chi connectivity index (χ2v) is 15.2. The fourth-order valence-corrected chi connectivity index (χ4v) is 8.01. The number of primary amides is 2. The Morgan fingerprint density at radius 1 is 0.759 bits per heavy atom. The van der Waals surface area contributed by atoms with Crippen LogP contribution in [0.4, 0.5) is 32.8 Å². The second kappa shape index (κ2) is 17.6. The van der Waals surface area contributed by atoms with E-state index in [1.165, 1.54) is 23.1 Å². The van der Waals surface area contributed by atoms with E-state index in [-0.39, 0.29) is 29.1 Å². The second-order valence-electron chi connectivity index (χ2n) is 13.6. The van der Waals surface area contributed by atoms with Crippen molar-refractivity contribution in [1.29, 1.82) is 0 Å². The highest BCUT2D eigenvalue weighted by Crippen LogP contribution is 2.31. The number of benzene rings is 1. The van der Waals surface area contributed by atoms with E-state index < -0.39 is 11.8 Å². The number of carbonyl (C=O) groups is 3. The van der Waals surface area contributed by atoms with Gasteiger partial charge in [0.15, 0.2) is 17.2 Å². The van der Waals surface area contributed by atoms with Crippen LogP contribution < -0.4 is 37.6 Å². The molecule has 0 spiro atoms. The van der Waals surface area contributed by atoms with Crippen molar-refractivity contribution >= 4 is 73.4 Å². The molecule has 2 amide bonds.